The molecule has 0 aliphatic carbocycles. The van der Waals surface area contributed by atoms with Gasteiger partial charge in [-0.15, -0.1) is 0 Å². The second-order valence-corrected chi connectivity index (χ2v) is 7.51. The van der Waals surface area contributed by atoms with E-state index in [4.69, 9.17) is 14.6 Å². The Morgan fingerprint density at radius 2 is 2.04 bits per heavy atom. The van der Waals surface area contributed by atoms with Crippen molar-refractivity contribution in [1.82, 2.24) is 24.6 Å². The van der Waals surface area contributed by atoms with E-state index in [1.165, 1.54) is 6.33 Å². The van der Waals surface area contributed by atoms with Crippen LogP contribution in [0.1, 0.15) is 25.7 Å². The molecule has 3 fully saturated rings. The normalized spacial score (nSPS) is 25.9. The molecule has 3 saturated heterocycles. The average molecular weight is 393 g/mol. The number of hydrogen-bond donors (Lipinski definition) is 1. The van der Waals surface area contributed by atoms with Crippen LogP contribution in [0.2, 0.25) is 0 Å². The van der Waals surface area contributed by atoms with E-state index in [1.54, 1.807) is 11.0 Å². The van der Waals surface area contributed by atoms with Crippen LogP contribution in [-0.2, 0) is 25.7 Å². The fraction of sp³-hybridized carbons (Fsp3) is 0.722. The number of amides is 2. The first-order chi connectivity index (χ1) is 13.6. The molecule has 2 amide bonds. The molecule has 0 radical (unpaired) electrons. The molecule has 4 heterocycles. The Hall–Kier alpha value is -2.49. The van der Waals surface area contributed by atoms with Crippen molar-refractivity contribution >= 4 is 18.3 Å². The van der Waals surface area contributed by atoms with E-state index in [0.29, 0.717) is 39.3 Å². The van der Waals surface area contributed by atoms with E-state index in [0.717, 1.165) is 32.4 Å². The number of carboxylic acid groups (broad SMARTS) is 1. The lowest BCUT2D eigenvalue weighted by atomic mass is 9.79. The van der Waals surface area contributed by atoms with Crippen LogP contribution in [-0.4, -0.2) is 87.4 Å². The molecule has 4 rings (SSSR count). The highest BCUT2D eigenvalue weighted by Crippen LogP contribution is 2.43. The molecule has 10 nitrogen and oxygen atoms in total. The summed E-state index contributed by atoms with van der Waals surface area (Å²) in [7, 11) is 0. The van der Waals surface area contributed by atoms with Crippen LogP contribution < -0.4 is 0 Å². The summed E-state index contributed by atoms with van der Waals surface area (Å²) >= 11 is 0. The predicted molar refractivity (Wildman–Crippen MR) is 97.1 cm³/mol. The molecule has 1 N–H and O–H groups in total. The Morgan fingerprint density at radius 1 is 1.29 bits per heavy atom. The number of likely N-dealkylation sites (tertiary alicyclic amines) is 2. The summed E-state index contributed by atoms with van der Waals surface area (Å²) in [4.78, 5) is 41.8. The number of ether oxygens (including phenoxy) is 1. The smallest absolute Gasteiger partial charge is 0.290 e. The second kappa shape index (κ2) is 9.13. The molecule has 3 aliphatic rings. The zero-order valence-electron chi connectivity index (χ0n) is 15.9. The number of carbonyl (C=O) groups excluding carboxylic acids is 2. The molecule has 28 heavy (non-hydrogen) atoms. The molecule has 1 aromatic rings. The van der Waals surface area contributed by atoms with Crippen molar-refractivity contribution in [3.05, 3.63) is 12.7 Å². The molecule has 0 aromatic carbocycles. The number of fused-ring (bicyclic) bond motifs is 1. The van der Waals surface area contributed by atoms with Gasteiger partial charge in [0, 0.05) is 45.1 Å². The van der Waals surface area contributed by atoms with Gasteiger partial charge in [-0.2, -0.15) is 5.10 Å². The van der Waals surface area contributed by atoms with Gasteiger partial charge < -0.3 is 19.6 Å². The minimum Gasteiger partial charge on any atom is -0.483 e. The highest BCUT2D eigenvalue weighted by Gasteiger charge is 2.57. The number of aryl methyl sites for hydroxylation is 1. The SMILES string of the molecule is O=C(CCCn1cncn1)N1C[C@H]2COC[C@@]2(C(=O)N2CCCC2)C1.O=CO. The number of nitrogens with zero attached hydrogens (tertiary/aromatic N) is 5. The Kier molecular flexibility index (Phi) is 6.61. The first kappa shape index (κ1) is 20.2. The van der Waals surface area contributed by atoms with Gasteiger partial charge >= 0.3 is 0 Å². The predicted octanol–water partition coefficient (Wildman–Crippen LogP) is -0.143. The van der Waals surface area contributed by atoms with Gasteiger partial charge in [0.2, 0.25) is 11.8 Å². The van der Waals surface area contributed by atoms with Gasteiger partial charge in [0.05, 0.1) is 18.6 Å². The lowest BCUT2D eigenvalue weighted by Crippen LogP contribution is -2.48. The maximum Gasteiger partial charge on any atom is 0.290 e. The van der Waals surface area contributed by atoms with E-state index in [2.05, 4.69) is 10.1 Å². The van der Waals surface area contributed by atoms with Gasteiger partial charge in [-0.05, 0) is 19.3 Å². The maximum atomic E-state index is 13.1. The van der Waals surface area contributed by atoms with Crippen LogP contribution >= 0.6 is 0 Å². The summed E-state index contributed by atoms with van der Waals surface area (Å²) in [5.41, 5.74) is -0.508. The van der Waals surface area contributed by atoms with Gasteiger partial charge in [0.1, 0.15) is 12.7 Å². The van der Waals surface area contributed by atoms with Crippen LogP contribution in [0.25, 0.3) is 0 Å². The van der Waals surface area contributed by atoms with Crippen LogP contribution in [0.15, 0.2) is 12.7 Å². The van der Waals surface area contributed by atoms with Crippen LogP contribution in [0, 0.1) is 11.3 Å². The van der Waals surface area contributed by atoms with Crippen molar-refractivity contribution < 1.29 is 24.2 Å². The first-order valence-electron chi connectivity index (χ1n) is 9.66. The van der Waals surface area contributed by atoms with E-state index in [1.807, 2.05) is 9.80 Å². The molecular formula is C18H27N5O5. The second-order valence-electron chi connectivity index (χ2n) is 7.51. The lowest BCUT2D eigenvalue weighted by Gasteiger charge is -2.30. The Labute approximate surface area is 163 Å². The Bertz CT molecular complexity index is 676. The monoisotopic (exact) mass is 393 g/mol. The summed E-state index contributed by atoms with van der Waals surface area (Å²) < 4.78 is 7.38. The molecule has 3 aliphatic heterocycles. The zero-order chi connectivity index (χ0) is 20.0. The van der Waals surface area contributed by atoms with Gasteiger partial charge in [-0.1, -0.05) is 0 Å². The van der Waals surface area contributed by atoms with Crippen molar-refractivity contribution in [2.75, 3.05) is 39.4 Å². The van der Waals surface area contributed by atoms with Crippen LogP contribution in [0.4, 0.5) is 0 Å². The number of rotatable bonds is 5. The van der Waals surface area contributed by atoms with Crippen molar-refractivity contribution in [2.45, 2.75) is 32.2 Å². The zero-order valence-corrected chi connectivity index (χ0v) is 15.9. The first-order valence-corrected chi connectivity index (χ1v) is 9.66. The highest BCUT2D eigenvalue weighted by atomic mass is 16.5. The van der Waals surface area contributed by atoms with E-state index >= 15 is 0 Å². The quantitative estimate of drug-likeness (QED) is 0.692. The summed E-state index contributed by atoms with van der Waals surface area (Å²) in [5.74, 6) is 0.466. The van der Waals surface area contributed by atoms with Gasteiger partial charge in [-0.3, -0.25) is 19.1 Å². The molecule has 154 valence electrons. The molecule has 1 aromatic heterocycles. The van der Waals surface area contributed by atoms with Gasteiger partial charge in [0.25, 0.3) is 6.47 Å². The molecular weight excluding hydrogens is 366 g/mol. The summed E-state index contributed by atoms with van der Waals surface area (Å²) in [6.45, 7) is 4.32. The van der Waals surface area contributed by atoms with Gasteiger partial charge in [0.15, 0.2) is 0 Å². The molecule has 2 atom stereocenters. The van der Waals surface area contributed by atoms with Crippen molar-refractivity contribution in [3.63, 3.8) is 0 Å². The standard InChI is InChI=1S/C17H25N5O3.CH2O2/c23-15(4-3-7-22-13-18-12-19-22)21-8-14-9-25-11-17(14,10-21)16(24)20-5-1-2-6-20;2-1-3/h12-14H,1-11H2;1H,(H,2,3)/t14-,17-;/m0./s1. The topological polar surface area (TPSA) is 118 Å². The molecule has 10 heteroatoms. The minimum absolute atomic E-state index is 0.128. The van der Waals surface area contributed by atoms with Crippen molar-refractivity contribution in [3.8, 4) is 0 Å². The number of carbonyl (C=O) groups is 3. The number of aromatic nitrogens is 3. The van der Waals surface area contributed by atoms with Crippen molar-refractivity contribution in [2.24, 2.45) is 11.3 Å². The summed E-state index contributed by atoms with van der Waals surface area (Å²) in [6, 6.07) is 0. The van der Waals surface area contributed by atoms with E-state index in [9.17, 15) is 9.59 Å². The number of hydrogen-bond acceptors (Lipinski definition) is 6. The molecule has 0 unspecified atom stereocenters. The third-order valence-corrected chi connectivity index (χ3v) is 5.79. The van der Waals surface area contributed by atoms with E-state index in [-0.39, 0.29) is 24.2 Å². The fourth-order valence-corrected chi connectivity index (χ4v) is 4.36. The molecule has 0 saturated carbocycles. The Morgan fingerprint density at radius 3 is 2.71 bits per heavy atom. The van der Waals surface area contributed by atoms with Gasteiger partial charge in [-0.25, -0.2) is 4.98 Å². The minimum atomic E-state index is -0.508. The third-order valence-electron chi connectivity index (χ3n) is 5.79. The third kappa shape index (κ3) is 4.16. The summed E-state index contributed by atoms with van der Waals surface area (Å²) in [5, 5.41) is 10.9. The van der Waals surface area contributed by atoms with Crippen molar-refractivity contribution in [1.29, 1.82) is 0 Å². The summed E-state index contributed by atoms with van der Waals surface area (Å²) in [6.07, 6.45) is 6.52. The Balaban J connectivity index is 0.000000706. The average Bonchev–Trinajstić information content (AvgIpc) is 3.44. The highest BCUT2D eigenvalue weighted by molar-refractivity contribution is 5.86. The maximum absolute atomic E-state index is 13.1. The van der Waals surface area contributed by atoms with Crippen LogP contribution in [0.3, 0.4) is 0 Å². The van der Waals surface area contributed by atoms with Crippen LogP contribution in [0.5, 0.6) is 0 Å². The largest absolute Gasteiger partial charge is 0.483 e. The lowest BCUT2D eigenvalue weighted by molar-refractivity contribution is -0.142. The molecule has 0 bridgehead atoms. The van der Waals surface area contributed by atoms with E-state index < -0.39 is 5.41 Å². The fourth-order valence-electron chi connectivity index (χ4n) is 4.36. The molecule has 0 spiro atoms.